The summed E-state index contributed by atoms with van der Waals surface area (Å²) < 4.78 is 14.2. The maximum absolute atomic E-state index is 13.2. The maximum Gasteiger partial charge on any atom is 0.124 e. The Morgan fingerprint density at radius 1 is 1.53 bits per heavy atom. The minimum Gasteiger partial charge on any atom is -0.369 e. The van der Waals surface area contributed by atoms with E-state index in [1.54, 1.807) is 12.1 Å². The van der Waals surface area contributed by atoms with E-state index in [0.29, 0.717) is 12.0 Å². The Morgan fingerprint density at radius 3 is 3.00 bits per heavy atom. The average molecular weight is 376 g/mol. The standard InChI is InChI=1S/C15H22FIN2/c1-3-11(2)14-10-19(8-4-7-18-14)15-6-5-12(16)9-13(15)17/h5-6,9,11,14,18H,3-4,7-8,10H2,1-2H3. The van der Waals surface area contributed by atoms with E-state index in [0.717, 1.165) is 29.6 Å². The topological polar surface area (TPSA) is 15.3 Å². The van der Waals surface area contributed by atoms with E-state index in [-0.39, 0.29) is 5.82 Å². The fourth-order valence-corrected chi connectivity index (χ4v) is 3.39. The largest absolute Gasteiger partial charge is 0.369 e. The van der Waals surface area contributed by atoms with Crippen molar-refractivity contribution in [3.05, 3.63) is 27.6 Å². The predicted octanol–water partition coefficient (Wildman–Crippen LogP) is 3.64. The SMILES string of the molecule is CCC(C)C1CN(c2ccc(F)cc2I)CCCN1. The zero-order chi connectivity index (χ0) is 13.8. The molecule has 2 rings (SSSR count). The number of benzene rings is 1. The van der Waals surface area contributed by atoms with Crippen LogP contribution in [-0.4, -0.2) is 25.7 Å². The number of rotatable bonds is 3. The number of nitrogens with zero attached hydrogens (tertiary/aromatic N) is 1. The van der Waals surface area contributed by atoms with Crippen molar-refractivity contribution in [3.8, 4) is 0 Å². The van der Waals surface area contributed by atoms with Crippen LogP contribution in [0.15, 0.2) is 18.2 Å². The van der Waals surface area contributed by atoms with Crippen LogP contribution < -0.4 is 10.2 Å². The van der Waals surface area contributed by atoms with Gasteiger partial charge in [-0.2, -0.15) is 0 Å². The summed E-state index contributed by atoms with van der Waals surface area (Å²) in [6.45, 7) is 7.67. The summed E-state index contributed by atoms with van der Waals surface area (Å²) in [6.07, 6.45) is 2.33. The van der Waals surface area contributed by atoms with Crippen molar-refractivity contribution in [2.24, 2.45) is 5.92 Å². The van der Waals surface area contributed by atoms with Gasteiger partial charge in [-0.05, 0) is 59.7 Å². The third kappa shape index (κ3) is 3.81. The van der Waals surface area contributed by atoms with Gasteiger partial charge in [-0.15, -0.1) is 0 Å². The van der Waals surface area contributed by atoms with E-state index in [1.165, 1.54) is 12.1 Å². The Morgan fingerprint density at radius 2 is 2.32 bits per heavy atom. The molecule has 2 unspecified atom stereocenters. The summed E-state index contributed by atoms with van der Waals surface area (Å²) in [4.78, 5) is 2.40. The van der Waals surface area contributed by atoms with Gasteiger partial charge in [-0.25, -0.2) is 4.39 Å². The lowest BCUT2D eigenvalue weighted by Crippen LogP contribution is -2.42. The first-order chi connectivity index (χ1) is 9.11. The number of nitrogens with one attached hydrogen (secondary N) is 1. The highest BCUT2D eigenvalue weighted by molar-refractivity contribution is 14.1. The summed E-state index contributed by atoms with van der Waals surface area (Å²) in [5, 5.41) is 3.64. The molecule has 0 aromatic heterocycles. The first-order valence-electron chi connectivity index (χ1n) is 7.05. The average Bonchev–Trinajstić information content (AvgIpc) is 2.63. The molecule has 2 atom stereocenters. The molecule has 4 heteroatoms. The van der Waals surface area contributed by atoms with Crippen LogP contribution in [-0.2, 0) is 0 Å². The van der Waals surface area contributed by atoms with Crippen LogP contribution in [0, 0.1) is 15.3 Å². The molecule has 19 heavy (non-hydrogen) atoms. The van der Waals surface area contributed by atoms with Gasteiger partial charge in [0, 0.05) is 22.7 Å². The Balaban J connectivity index is 2.17. The second-order valence-corrected chi connectivity index (χ2v) is 6.50. The highest BCUT2D eigenvalue weighted by Gasteiger charge is 2.22. The van der Waals surface area contributed by atoms with E-state index in [1.807, 2.05) is 6.07 Å². The molecule has 0 radical (unpaired) electrons. The van der Waals surface area contributed by atoms with Crippen LogP contribution in [0.25, 0.3) is 0 Å². The molecule has 0 amide bonds. The summed E-state index contributed by atoms with van der Waals surface area (Å²) >= 11 is 2.23. The van der Waals surface area contributed by atoms with Gasteiger partial charge in [0.25, 0.3) is 0 Å². The lowest BCUT2D eigenvalue weighted by Gasteiger charge is -2.30. The van der Waals surface area contributed by atoms with Crippen molar-refractivity contribution < 1.29 is 4.39 Å². The summed E-state index contributed by atoms with van der Waals surface area (Å²) in [7, 11) is 0. The number of hydrogen-bond donors (Lipinski definition) is 1. The van der Waals surface area contributed by atoms with Gasteiger partial charge in [-0.3, -0.25) is 0 Å². The molecular formula is C15H22FIN2. The van der Waals surface area contributed by atoms with E-state index >= 15 is 0 Å². The lowest BCUT2D eigenvalue weighted by atomic mass is 9.99. The van der Waals surface area contributed by atoms with E-state index in [9.17, 15) is 4.39 Å². The van der Waals surface area contributed by atoms with E-state index in [4.69, 9.17) is 0 Å². The molecule has 0 saturated carbocycles. The van der Waals surface area contributed by atoms with Crippen molar-refractivity contribution in [1.82, 2.24) is 5.32 Å². The molecule has 1 aromatic rings. The maximum atomic E-state index is 13.2. The fourth-order valence-electron chi connectivity index (χ4n) is 2.57. The molecule has 0 bridgehead atoms. The van der Waals surface area contributed by atoms with Gasteiger partial charge in [-0.1, -0.05) is 20.3 Å². The number of anilines is 1. The molecule has 1 heterocycles. The van der Waals surface area contributed by atoms with E-state index in [2.05, 4.69) is 46.7 Å². The molecule has 1 saturated heterocycles. The van der Waals surface area contributed by atoms with Crippen molar-refractivity contribution >= 4 is 28.3 Å². The zero-order valence-corrected chi connectivity index (χ0v) is 13.8. The second kappa shape index (κ2) is 6.88. The Hall–Kier alpha value is -0.360. The molecular weight excluding hydrogens is 354 g/mol. The highest BCUT2D eigenvalue weighted by Crippen LogP contribution is 2.25. The van der Waals surface area contributed by atoms with Crippen LogP contribution in [0.5, 0.6) is 0 Å². The second-order valence-electron chi connectivity index (χ2n) is 5.34. The summed E-state index contributed by atoms with van der Waals surface area (Å²) in [5.41, 5.74) is 1.17. The van der Waals surface area contributed by atoms with Gasteiger partial charge in [0.15, 0.2) is 0 Å². The highest BCUT2D eigenvalue weighted by atomic mass is 127. The normalized spacial score (nSPS) is 22.1. The predicted molar refractivity (Wildman–Crippen MR) is 87.2 cm³/mol. The monoisotopic (exact) mass is 376 g/mol. The lowest BCUT2D eigenvalue weighted by molar-refractivity contribution is 0.384. The van der Waals surface area contributed by atoms with Crippen molar-refractivity contribution in [2.45, 2.75) is 32.7 Å². The van der Waals surface area contributed by atoms with Gasteiger partial charge >= 0.3 is 0 Å². The fraction of sp³-hybridized carbons (Fsp3) is 0.600. The van der Waals surface area contributed by atoms with Gasteiger partial charge in [0.05, 0.1) is 5.69 Å². The minimum atomic E-state index is -0.153. The van der Waals surface area contributed by atoms with Gasteiger partial charge in [0.2, 0.25) is 0 Å². The van der Waals surface area contributed by atoms with Crippen LogP contribution in [0.4, 0.5) is 10.1 Å². The van der Waals surface area contributed by atoms with Crippen molar-refractivity contribution in [2.75, 3.05) is 24.5 Å². The molecule has 0 spiro atoms. The molecule has 1 fully saturated rings. The molecule has 1 aliphatic heterocycles. The Kier molecular flexibility index (Phi) is 5.45. The number of halogens is 2. The third-order valence-corrected chi connectivity index (χ3v) is 4.87. The third-order valence-electron chi connectivity index (χ3n) is 4.01. The molecule has 0 aliphatic carbocycles. The van der Waals surface area contributed by atoms with Crippen LogP contribution >= 0.6 is 22.6 Å². The molecule has 1 aromatic carbocycles. The quantitative estimate of drug-likeness (QED) is 0.811. The smallest absolute Gasteiger partial charge is 0.124 e. The Labute approximate surface area is 128 Å². The van der Waals surface area contributed by atoms with Crippen molar-refractivity contribution in [3.63, 3.8) is 0 Å². The van der Waals surface area contributed by atoms with E-state index < -0.39 is 0 Å². The molecule has 1 aliphatic rings. The molecule has 106 valence electrons. The van der Waals surface area contributed by atoms with Crippen LogP contribution in [0.2, 0.25) is 0 Å². The van der Waals surface area contributed by atoms with Crippen molar-refractivity contribution in [1.29, 1.82) is 0 Å². The number of hydrogen-bond acceptors (Lipinski definition) is 2. The zero-order valence-electron chi connectivity index (χ0n) is 11.6. The summed E-state index contributed by atoms with van der Waals surface area (Å²) in [5.74, 6) is 0.512. The van der Waals surface area contributed by atoms with Crippen LogP contribution in [0.1, 0.15) is 26.7 Å². The van der Waals surface area contributed by atoms with Gasteiger partial charge in [0.1, 0.15) is 5.82 Å². The Bertz CT molecular complexity index is 425. The summed E-state index contributed by atoms with van der Waals surface area (Å²) in [6, 6.07) is 5.62. The first kappa shape index (κ1) is 15.0. The minimum absolute atomic E-state index is 0.153. The first-order valence-corrected chi connectivity index (χ1v) is 8.13. The molecule has 2 nitrogen and oxygen atoms in total. The molecule has 1 N–H and O–H groups in total. The van der Waals surface area contributed by atoms with Gasteiger partial charge < -0.3 is 10.2 Å². The van der Waals surface area contributed by atoms with Crippen LogP contribution in [0.3, 0.4) is 0 Å².